The number of ketones is 1. The Balaban J connectivity index is 1.52. The number of hydrogen-bond acceptors (Lipinski definition) is 6. The van der Waals surface area contributed by atoms with Crippen LogP contribution < -0.4 is 15.8 Å². The first-order chi connectivity index (χ1) is 23.0. The number of carbonyl (C=O) groups excluding carboxylic acids is 2. The fourth-order valence-electron chi connectivity index (χ4n) is 5.91. The number of Topliss-reactive ketones (excluding diaryl/α,β-unsaturated/α-hetero) is 1. The fraction of sp³-hybridized carbons (Fsp3) is 0.297. The minimum atomic E-state index is -0.887. The van der Waals surface area contributed by atoms with E-state index in [4.69, 9.17) is 15.6 Å². The number of carbonyl (C=O) groups is 3. The number of ether oxygens (including phenoxy) is 1. The van der Waals surface area contributed by atoms with Crippen LogP contribution in [0.4, 0.5) is 8.78 Å². The molecule has 2 bridgehead atoms. The van der Waals surface area contributed by atoms with Gasteiger partial charge in [0.05, 0.1) is 13.0 Å². The van der Waals surface area contributed by atoms with Crippen molar-refractivity contribution in [3.05, 3.63) is 107 Å². The predicted molar refractivity (Wildman–Crippen MR) is 179 cm³/mol. The van der Waals surface area contributed by atoms with Gasteiger partial charge in [-0.3, -0.25) is 19.4 Å². The molecule has 1 aromatic heterocycles. The molecule has 11 heteroatoms. The van der Waals surface area contributed by atoms with E-state index in [0.717, 1.165) is 24.0 Å². The first-order valence-electron chi connectivity index (χ1n) is 15.9. The van der Waals surface area contributed by atoms with Crippen LogP contribution >= 0.6 is 0 Å². The van der Waals surface area contributed by atoms with Crippen molar-refractivity contribution in [3.63, 3.8) is 0 Å². The summed E-state index contributed by atoms with van der Waals surface area (Å²) in [5.74, 6) is -2.86. The minimum absolute atomic E-state index is 0.00666. The second kappa shape index (κ2) is 15.1. The number of aromatic nitrogens is 1. The van der Waals surface area contributed by atoms with Crippen LogP contribution in [0.3, 0.4) is 0 Å². The van der Waals surface area contributed by atoms with Crippen molar-refractivity contribution in [3.8, 4) is 11.5 Å². The number of H-pyrrole nitrogens is 1. The van der Waals surface area contributed by atoms with Gasteiger partial charge >= 0.3 is 5.97 Å². The van der Waals surface area contributed by atoms with Crippen molar-refractivity contribution in [2.45, 2.75) is 63.7 Å². The number of carboxylic acid groups (broad SMARTS) is 1. The molecular weight excluding hydrogens is 618 g/mol. The molecule has 1 atom stereocenters. The third-order valence-electron chi connectivity index (χ3n) is 8.76. The summed E-state index contributed by atoms with van der Waals surface area (Å²) in [6.45, 7) is 1.82. The molecule has 4 aromatic rings. The molecule has 1 aliphatic heterocycles. The maximum atomic E-state index is 15.4. The Bertz CT molecular complexity index is 1900. The van der Waals surface area contributed by atoms with Crippen molar-refractivity contribution < 1.29 is 33.0 Å². The van der Waals surface area contributed by atoms with Gasteiger partial charge in [0.2, 0.25) is 5.91 Å². The van der Waals surface area contributed by atoms with Crippen LogP contribution in [0.5, 0.6) is 11.5 Å². The summed E-state index contributed by atoms with van der Waals surface area (Å²) in [6.07, 6.45) is 7.42. The average Bonchev–Trinajstić information content (AvgIpc) is 3.53. The molecule has 2 heterocycles. The number of halogens is 2. The molecule has 0 aliphatic carbocycles. The zero-order valence-corrected chi connectivity index (χ0v) is 26.7. The van der Waals surface area contributed by atoms with Gasteiger partial charge in [-0.15, -0.1) is 0 Å². The highest BCUT2D eigenvalue weighted by Crippen LogP contribution is 2.37. The number of aliphatic carboxylic acids is 1. The van der Waals surface area contributed by atoms with Gasteiger partial charge in [0.1, 0.15) is 11.6 Å². The van der Waals surface area contributed by atoms with Gasteiger partial charge in [-0.25, -0.2) is 8.78 Å². The lowest BCUT2D eigenvalue weighted by atomic mass is 9.75. The van der Waals surface area contributed by atoms with Gasteiger partial charge in [-0.1, -0.05) is 37.1 Å². The summed E-state index contributed by atoms with van der Waals surface area (Å²) in [5.41, 5.74) is 8.95. The number of aryl methyl sites for hydroxylation is 1. The quantitative estimate of drug-likeness (QED) is 0.194. The summed E-state index contributed by atoms with van der Waals surface area (Å²) in [7, 11) is 0. The van der Waals surface area contributed by atoms with Crippen LogP contribution in [0, 0.1) is 11.6 Å². The molecule has 0 fully saturated rings. The number of allylic oxidation sites excluding steroid dienone is 1. The monoisotopic (exact) mass is 656 g/mol. The number of fused-ring (bicyclic) bond motifs is 5. The Morgan fingerprint density at radius 1 is 1.06 bits per heavy atom. The largest absolute Gasteiger partial charge is 0.481 e. The molecule has 0 saturated heterocycles. The van der Waals surface area contributed by atoms with Crippen molar-refractivity contribution in [2.75, 3.05) is 6.54 Å². The van der Waals surface area contributed by atoms with Crippen molar-refractivity contribution in [1.82, 2.24) is 10.3 Å². The molecule has 48 heavy (non-hydrogen) atoms. The second-order valence-corrected chi connectivity index (χ2v) is 12.2. The second-order valence-electron chi connectivity index (χ2n) is 12.2. The highest BCUT2D eigenvalue weighted by Gasteiger charge is 2.30. The van der Waals surface area contributed by atoms with Crippen LogP contribution in [0.1, 0.15) is 67.7 Å². The molecule has 5 N–H and O–H groups in total. The van der Waals surface area contributed by atoms with Crippen molar-refractivity contribution in [2.24, 2.45) is 10.7 Å². The van der Waals surface area contributed by atoms with E-state index in [1.54, 1.807) is 12.3 Å². The van der Waals surface area contributed by atoms with Crippen molar-refractivity contribution in [1.29, 1.82) is 0 Å². The summed E-state index contributed by atoms with van der Waals surface area (Å²) in [4.78, 5) is 44.1. The van der Waals surface area contributed by atoms with E-state index in [1.807, 2.05) is 31.2 Å². The molecule has 3 aromatic carbocycles. The van der Waals surface area contributed by atoms with Gasteiger partial charge in [-0.05, 0) is 61.6 Å². The maximum Gasteiger partial charge on any atom is 0.303 e. The van der Waals surface area contributed by atoms with E-state index in [0.29, 0.717) is 35.9 Å². The number of aliphatic imine (C=N–C) groups is 1. The molecule has 250 valence electrons. The highest BCUT2D eigenvalue weighted by atomic mass is 19.1. The Morgan fingerprint density at radius 3 is 2.71 bits per heavy atom. The first-order valence-corrected chi connectivity index (χ1v) is 15.9. The molecule has 0 spiro atoms. The summed E-state index contributed by atoms with van der Waals surface area (Å²) in [5, 5.41) is 12.4. The molecule has 1 unspecified atom stereocenters. The number of aromatic amines is 1. The van der Waals surface area contributed by atoms with Gasteiger partial charge in [0.25, 0.3) is 0 Å². The maximum absolute atomic E-state index is 15.4. The Labute approximate surface area is 276 Å². The van der Waals surface area contributed by atoms with Crippen LogP contribution in [0.25, 0.3) is 10.9 Å². The molecular formula is C37H38F2N4O5. The Hall–Kier alpha value is -5.32. The summed E-state index contributed by atoms with van der Waals surface area (Å²) in [6, 6.07) is 14.5. The van der Waals surface area contributed by atoms with Crippen molar-refractivity contribution >= 4 is 34.8 Å². The van der Waals surface area contributed by atoms with E-state index in [1.165, 1.54) is 36.7 Å². The number of carboxylic acids is 1. The molecule has 0 radical (unpaired) electrons. The molecule has 9 nitrogen and oxygen atoms in total. The van der Waals surface area contributed by atoms with Crippen LogP contribution in [0.15, 0.2) is 77.7 Å². The predicted octanol–water partition coefficient (Wildman–Crippen LogP) is 6.62. The Morgan fingerprint density at radius 2 is 1.90 bits per heavy atom. The topological polar surface area (TPSA) is 147 Å². The lowest BCUT2D eigenvalue weighted by Gasteiger charge is -2.31. The highest BCUT2D eigenvalue weighted by molar-refractivity contribution is 5.92. The van der Waals surface area contributed by atoms with E-state index >= 15 is 4.39 Å². The van der Waals surface area contributed by atoms with Gasteiger partial charge in [-0.2, -0.15) is 0 Å². The number of amides is 1. The number of nitrogens with one attached hydrogen (secondary N) is 2. The number of nitrogens with zero attached hydrogens (tertiary/aromatic N) is 1. The van der Waals surface area contributed by atoms with Crippen LogP contribution in [0.2, 0.25) is 0 Å². The lowest BCUT2D eigenvalue weighted by Crippen LogP contribution is -2.31. The number of rotatable bonds is 4. The van der Waals surface area contributed by atoms with E-state index in [9.17, 15) is 18.8 Å². The third-order valence-corrected chi connectivity index (χ3v) is 8.76. The molecule has 5 rings (SSSR count). The molecule has 1 aliphatic rings. The zero-order chi connectivity index (χ0) is 34.3. The zero-order valence-electron chi connectivity index (χ0n) is 26.7. The van der Waals surface area contributed by atoms with Crippen LogP contribution in [-0.2, 0) is 32.6 Å². The first kappa shape index (κ1) is 34.0. The van der Waals surface area contributed by atoms with E-state index < -0.39 is 28.9 Å². The van der Waals surface area contributed by atoms with Gasteiger partial charge in [0, 0.05) is 70.7 Å². The molecule has 1 amide bonds. The van der Waals surface area contributed by atoms with E-state index in [-0.39, 0.29) is 54.2 Å². The number of nitrogens with two attached hydrogens (primary N) is 1. The van der Waals surface area contributed by atoms with Crippen LogP contribution in [-0.4, -0.2) is 40.5 Å². The number of benzene rings is 3. The van der Waals surface area contributed by atoms with Gasteiger partial charge < -0.3 is 25.9 Å². The Kier molecular flexibility index (Phi) is 10.7. The summed E-state index contributed by atoms with van der Waals surface area (Å²) >= 11 is 0. The third kappa shape index (κ3) is 8.14. The molecule has 0 saturated carbocycles. The standard InChI is InChI=1S/C37H38F2N4O5/c1-37(25-7-5-6-23(16-25)9-12-35(46)47)14-4-2-3-8-26(44)21-43-34(45)18-29-28-13-15-42-32(28)19-31(39)36(29)48-27-10-11-30(38)24(17-27)20-41-22-33(37)40/h5-7,10-11,13,15-17,19-20,22,42H,2-4,8-9,12,14,18,21,40H2,1H3,(H,43,45)(H,46,47)/b33-22-,41-20?. The number of hydrogen-bond donors (Lipinski definition) is 4. The SMILES string of the molecule is CC1(c2cccc(CCC(=O)O)c2)CCCCCC(=O)CNC(=O)Cc2c(c(F)cc3[nH]ccc23)Oc2ccc(F)c(c2)C=N/C=C/1N. The van der Waals surface area contributed by atoms with Gasteiger partial charge in [0.15, 0.2) is 17.3 Å². The van der Waals surface area contributed by atoms with E-state index in [2.05, 4.69) is 15.3 Å². The smallest absolute Gasteiger partial charge is 0.303 e. The summed E-state index contributed by atoms with van der Waals surface area (Å²) < 4.78 is 36.3. The average molecular weight is 657 g/mol. The lowest BCUT2D eigenvalue weighted by molar-refractivity contribution is -0.137. The fourth-order valence-corrected chi connectivity index (χ4v) is 5.91. The normalized spacial score (nSPS) is 19.4. The minimum Gasteiger partial charge on any atom is -0.481 e.